The van der Waals surface area contributed by atoms with Crippen LogP contribution in [0.4, 0.5) is 0 Å². The van der Waals surface area contributed by atoms with E-state index in [0.29, 0.717) is 5.84 Å². The molecule has 0 aliphatic carbocycles. The van der Waals surface area contributed by atoms with Crippen molar-refractivity contribution in [3.8, 4) is 16.8 Å². The summed E-state index contributed by atoms with van der Waals surface area (Å²) in [7, 11) is 0. The van der Waals surface area contributed by atoms with Crippen LogP contribution in [0, 0.1) is 0 Å². The van der Waals surface area contributed by atoms with Crippen LogP contribution in [0.5, 0.6) is 0 Å². The molecular formula is C40H31N3. The number of allylic oxidation sites excluding steroid dienone is 1. The van der Waals surface area contributed by atoms with Gasteiger partial charge in [-0.2, -0.15) is 0 Å². The second-order valence-electron chi connectivity index (χ2n) is 10.6. The minimum absolute atomic E-state index is 0.510. The van der Waals surface area contributed by atoms with Gasteiger partial charge in [0.1, 0.15) is 5.84 Å². The molecule has 2 N–H and O–H groups in total. The second kappa shape index (κ2) is 11.7. The maximum Gasteiger partial charge on any atom is 0.131 e. The Balaban J connectivity index is 1.14. The monoisotopic (exact) mass is 553 g/mol. The predicted molar refractivity (Wildman–Crippen MR) is 182 cm³/mol. The van der Waals surface area contributed by atoms with Gasteiger partial charge in [-0.05, 0) is 52.9 Å². The summed E-state index contributed by atoms with van der Waals surface area (Å²) in [6, 6.07) is 55.0. The first-order valence-corrected chi connectivity index (χ1v) is 14.6. The lowest BCUT2D eigenvalue weighted by molar-refractivity contribution is 1.18. The summed E-state index contributed by atoms with van der Waals surface area (Å²) in [6.07, 6.45) is 2.91. The molecule has 7 rings (SSSR count). The number of hydrogen-bond donors (Lipinski definition) is 1. The van der Waals surface area contributed by atoms with Crippen LogP contribution in [0.3, 0.4) is 0 Å². The average Bonchev–Trinajstić information content (AvgIpc) is 3.42. The molecule has 0 spiro atoms. The van der Waals surface area contributed by atoms with E-state index in [0.717, 1.165) is 28.9 Å². The average molecular weight is 554 g/mol. The minimum Gasteiger partial charge on any atom is -0.383 e. The van der Waals surface area contributed by atoms with Crippen LogP contribution in [-0.4, -0.2) is 10.4 Å². The lowest BCUT2D eigenvalue weighted by Gasteiger charge is -2.10. The number of amidine groups is 1. The van der Waals surface area contributed by atoms with Gasteiger partial charge in [-0.15, -0.1) is 0 Å². The molecule has 1 aromatic heterocycles. The lowest BCUT2D eigenvalue weighted by atomic mass is 10.0. The summed E-state index contributed by atoms with van der Waals surface area (Å²) in [5.74, 6) is 0.510. The third-order valence-corrected chi connectivity index (χ3v) is 7.90. The summed E-state index contributed by atoms with van der Waals surface area (Å²) >= 11 is 0. The van der Waals surface area contributed by atoms with Gasteiger partial charge < -0.3 is 10.3 Å². The van der Waals surface area contributed by atoms with Gasteiger partial charge in [0, 0.05) is 22.0 Å². The van der Waals surface area contributed by atoms with Gasteiger partial charge in [0.15, 0.2) is 0 Å². The number of aromatic nitrogens is 1. The molecular weight excluding hydrogens is 522 g/mol. The van der Waals surface area contributed by atoms with E-state index in [2.05, 4.69) is 120 Å². The van der Waals surface area contributed by atoms with Crippen LogP contribution in [-0.2, 0) is 6.42 Å². The van der Waals surface area contributed by atoms with E-state index in [1.807, 2.05) is 48.5 Å². The number of benzene rings is 6. The fourth-order valence-corrected chi connectivity index (χ4v) is 5.69. The van der Waals surface area contributed by atoms with Gasteiger partial charge in [0.25, 0.3) is 0 Å². The fraction of sp³-hybridized carbons (Fsp3) is 0.0250. The van der Waals surface area contributed by atoms with E-state index in [1.165, 1.54) is 38.5 Å². The molecule has 43 heavy (non-hydrogen) atoms. The molecule has 0 atom stereocenters. The van der Waals surface area contributed by atoms with E-state index in [-0.39, 0.29) is 0 Å². The number of aliphatic imine (C=N–C) groups is 1. The van der Waals surface area contributed by atoms with Gasteiger partial charge in [-0.25, -0.2) is 4.99 Å². The summed E-state index contributed by atoms with van der Waals surface area (Å²) in [4.78, 5) is 4.82. The fourth-order valence-electron chi connectivity index (χ4n) is 5.69. The standard InChI is InChI=1S/C40H31N3/c41-40(33-13-5-2-6-14-33)42-37(32-11-3-1-4-12-32)28-21-29-19-22-30(23-20-29)31-24-26-34(27-25-31)43-38-17-9-7-15-35(38)36-16-8-10-18-39(36)43/h1-20,22-28H,21H2,(H2,41,42)/b37-28-. The quantitative estimate of drug-likeness (QED) is 0.155. The van der Waals surface area contributed by atoms with Crippen LogP contribution in [0.15, 0.2) is 169 Å². The molecule has 3 nitrogen and oxygen atoms in total. The van der Waals surface area contributed by atoms with E-state index in [4.69, 9.17) is 10.7 Å². The van der Waals surface area contributed by atoms with Crippen molar-refractivity contribution in [2.24, 2.45) is 10.7 Å². The third kappa shape index (κ3) is 5.37. The van der Waals surface area contributed by atoms with Crippen LogP contribution >= 0.6 is 0 Å². The number of nitrogens with zero attached hydrogens (tertiary/aromatic N) is 2. The number of nitrogens with two attached hydrogens (primary N) is 1. The molecule has 206 valence electrons. The summed E-state index contributed by atoms with van der Waals surface area (Å²) in [5, 5.41) is 2.55. The van der Waals surface area contributed by atoms with Crippen molar-refractivity contribution in [2.45, 2.75) is 6.42 Å². The zero-order chi connectivity index (χ0) is 29.0. The normalized spacial score (nSPS) is 12.2. The van der Waals surface area contributed by atoms with Gasteiger partial charge in [0.05, 0.1) is 16.7 Å². The molecule has 0 saturated carbocycles. The summed E-state index contributed by atoms with van der Waals surface area (Å²) in [5.41, 5.74) is 16.4. The molecule has 0 fully saturated rings. The van der Waals surface area contributed by atoms with Crippen molar-refractivity contribution < 1.29 is 0 Å². The Bertz CT molecular complexity index is 2010. The first-order chi connectivity index (χ1) is 21.2. The largest absolute Gasteiger partial charge is 0.383 e. The van der Waals surface area contributed by atoms with Gasteiger partial charge in [-0.1, -0.05) is 140 Å². The Hall–Kier alpha value is -5.67. The maximum absolute atomic E-state index is 6.39. The summed E-state index contributed by atoms with van der Waals surface area (Å²) < 4.78 is 2.35. The Labute approximate surface area is 251 Å². The molecule has 6 aromatic carbocycles. The van der Waals surface area contributed by atoms with E-state index in [1.54, 1.807) is 0 Å². The minimum atomic E-state index is 0.510. The smallest absolute Gasteiger partial charge is 0.131 e. The van der Waals surface area contributed by atoms with Gasteiger partial charge in [0.2, 0.25) is 0 Å². The van der Waals surface area contributed by atoms with Crippen molar-refractivity contribution in [3.63, 3.8) is 0 Å². The Morgan fingerprint density at radius 2 is 1.02 bits per heavy atom. The molecule has 0 amide bonds. The van der Waals surface area contributed by atoms with E-state index >= 15 is 0 Å². The highest BCUT2D eigenvalue weighted by Crippen LogP contribution is 2.32. The van der Waals surface area contributed by atoms with Crippen molar-refractivity contribution in [2.75, 3.05) is 0 Å². The first-order valence-electron chi connectivity index (χ1n) is 14.6. The van der Waals surface area contributed by atoms with Crippen LogP contribution in [0.1, 0.15) is 16.7 Å². The van der Waals surface area contributed by atoms with Gasteiger partial charge >= 0.3 is 0 Å². The second-order valence-corrected chi connectivity index (χ2v) is 10.6. The highest BCUT2D eigenvalue weighted by Gasteiger charge is 2.11. The lowest BCUT2D eigenvalue weighted by Crippen LogP contribution is -2.13. The Kier molecular flexibility index (Phi) is 7.12. The van der Waals surface area contributed by atoms with E-state index in [9.17, 15) is 0 Å². The van der Waals surface area contributed by atoms with Crippen LogP contribution in [0.2, 0.25) is 0 Å². The predicted octanol–water partition coefficient (Wildman–Crippen LogP) is 9.44. The van der Waals surface area contributed by atoms with Crippen molar-refractivity contribution in [3.05, 3.63) is 180 Å². The molecule has 0 bridgehead atoms. The molecule has 0 saturated heterocycles. The topological polar surface area (TPSA) is 43.3 Å². The molecule has 3 heteroatoms. The van der Waals surface area contributed by atoms with Crippen LogP contribution < -0.4 is 5.73 Å². The molecule has 1 heterocycles. The Morgan fingerprint density at radius 1 is 0.535 bits per heavy atom. The zero-order valence-corrected chi connectivity index (χ0v) is 23.8. The molecule has 0 radical (unpaired) electrons. The number of hydrogen-bond acceptors (Lipinski definition) is 1. The zero-order valence-electron chi connectivity index (χ0n) is 23.8. The van der Waals surface area contributed by atoms with Crippen LogP contribution in [0.25, 0.3) is 44.3 Å². The highest BCUT2D eigenvalue weighted by atomic mass is 15.0. The first kappa shape index (κ1) is 26.2. The Morgan fingerprint density at radius 3 is 1.60 bits per heavy atom. The maximum atomic E-state index is 6.39. The van der Waals surface area contributed by atoms with Crippen molar-refractivity contribution in [1.82, 2.24) is 4.57 Å². The van der Waals surface area contributed by atoms with Gasteiger partial charge in [-0.3, -0.25) is 0 Å². The number of fused-ring (bicyclic) bond motifs is 3. The SMILES string of the molecule is NC(=N/C(=C\Cc1ccc(-c2ccc(-n3c4ccccc4c4ccccc43)cc2)cc1)c1ccccc1)c1ccccc1. The summed E-state index contributed by atoms with van der Waals surface area (Å²) in [6.45, 7) is 0. The highest BCUT2D eigenvalue weighted by molar-refractivity contribution is 6.09. The molecule has 0 aliphatic rings. The molecule has 0 aliphatic heterocycles. The number of para-hydroxylation sites is 2. The molecule has 0 unspecified atom stereocenters. The van der Waals surface area contributed by atoms with Crippen molar-refractivity contribution >= 4 is 33.3 Å². The van der Waals surface area contributed by atoms with E-state index < -0.39 is 0 Å². The number of rotatable bonds is 7. The third-order valence-electron chi connectivity index (χ3n) is 7.90. The molecule has 7 aromatic rings. The van der Waals surface area contributed by atoms with Crippen molar-refractivity contribution in [1.29, 1.82) is 0 Å².